The zero-order valence-electron chi connectivity index (χ0n) is 12.7. The number of pyridine rings is 1. The van der Waals surface area contributed by atoms with Gasteiger partial charge in [0.05, 0.1) is 0 Å². The lowest BCUT2D eigenvalue weighted by molar-refractivity contribution is -0.666. The highest BCUT2D eigenvalue weighted by atomic mass is 14.9. The van der Waals surface area contributed by atoms with Gasteiger partial charge in [0.2, 0.25) is 5.69 Å². The van der Waals surface area contributed by atoms with E-state index in [1.807, 2.05) is 62.5 Å². The maximum atomic E-state index is 9.58. The van der Waals surface area contributed by atoms with Crippen LogP contribution in [0.25, 0.3) is 22.4 Å². The number of hydrogen-bond donors (Lipinski definition) is 0. The van der Waals surface area contributed by atoms with Crippen molar-refractivity contribution in [3.8, 4) is 28.5 Å². The molecule has 0 N–H and O–H groups in total. The molecule has 3 rings (SSSR count). The van der Waals surface area contributed by atoms with Crippen LogP contribution in [-0.4, -0.2) is 0 Å². The minimum atomic E-state index is 0.730. The second-order valence-electron chi connectivity index (χ2n) is 5.31. The molecule has 0 amide bonds. The first-order valence-electron chi connectivity index (χ1n) is 7.27. The summed E-state index contributed by atoms with van der Waals surface area (Å²) in [5, 5.41) is 9.58. The number of nitriles is 1. The standard InChI is InChI=1S/C20H17N2/c1-15-19(14-21)18(16-9-5-3-6-10-16)13-20(22(15)2)17-11-7-4-8-12-17/h3-13H,1-2H3/q+1. The summed E-state index contributed by atoms with van der Waals surface area (Å²) >= 11 is 0. The highest BCUT2D eigenvalue weighted by Gasteiger charge is 2.21. The van der Waals surface area contributed by atoms with Crippen LogP contribution in [-0.2, 0) is 7.05 Å². The van der Waals surface area contributed by atoms with Crippen LogP contribution in [0.15, 0.2) is 66.7 Å². The zero-order chi connectivity index (χ0) is 15.5. The number of nitrogens with zero attached hydrogens (tertiary/aromatic N) is 2. The summed E-state index contributed by atoms with van der Waals surface area (Å²) in [4.78, 5) is 0. The number of benzene rings is 2. The Morgan fingerprint density at radius 3 is 1.95 bits per heavy atom. The van der Waals surface area contributed by atoms with Crippen molar-refractivity contribution in [3.05, 3.63) is 78.0 Å². The molecule has 2 aromatic carbocycles. The summed E-state index contributed by atoms with van der Waals surface area (Å²) < 4.78 is 2.08. The van der Waals surface area contributed by atoms with Crippen LogP contribution in [0.3, 0.4) is 0 Å². The van der Waals surface area contributed by atoms with E-state index in [2.05, 4.69) is 28.8 Å². The van der Waals surface area contributed by atoms with Gasteiger partial charge in [0.15, 0.2) is 5.69 Å². The molecule has 22 heavy (non-hydrogen) atoms. The van der Waals surface area contributed by atoms with E-state index in [1.165, 1.54) is 0 Å². The largest absolute Gasteiger partial charge is 0.213 e. The Hall–Kier alpha value is -2.92. The van der Waals surface area contributed by atoms with E-state index in [0.29, 0.717) is 0 Å². The van der Waals surface area contributed by atoms with Crippen molar-refractivity contribution in [1.82, 2.24) is 0 Å². The molecule has 0 aliphatic heterocycles. The quantitative estimate of drug-likeness (QED) is 0.653. The van der Waals surface area contributed by atoms with Gasteiger partial charge >= 0.3 is 0 Å². The van der Waals surface area contributed by atoms with Gasteiger partial charge in [-0.25, -0.2) is 0 Å². The summed E-state index contributed by atoms with van der Waals surface area (Å²) in [6.07, 6.45) is 0. The highest BCUT2D eigenvalue weighted by molar-refractivity contribution is 5.74. The predicted molar refractivity (Wildman–Crippen MR) is 87.9 cm³/mol. The number of rotatable bonds is 2. The topological polar surface area (TPSA) is 27.7 Å². The Balaban J connectivity index is 2.31. The summed E-state index contributed by atoms with van der Waals surface area (Å²) in [6.45, 7) is 2.00. The summed E-state index contributed by atoms with van der Waals surface area (Å²) in [6, 6.07) is 24.8. The summed E-state index contributed by atoms with van der Waals surface area (Å²) in [7, 11) is 2.01. The Morgan fingerprint density at radius 1 is 0.864 bits per heavy atom. The van der Waals surface area contributed by atoms with Gasteiger partial charge in [-0.15, -0.1) is 0 Å². The molecule has 0 radical (unpaired) electrons. The predicted octanol–water partition coefficient (Wildman–Crippen LogP) is 4.03. The van der Waals surface area contributed by atoms with Gasteiger partial charge < -0.3 is 0 Å². The second kappa shape index (κ2) is 5.83. The Labute approximate surface area is 130 Å². The second-order valence-corrected chi connectivity index (χ2v) is 5.31. The monoisotopic (exact) mass is 285 g/mol. The molecule has 0 unspecified atom stereocenters. The van der Waals surface area contributed by atoms with Crippen LogP contribution >= 0.6 is 0 Å². The van der Waals surface area contributed by atoms with E-state index < -0.39 is 0 Å². The van der Waals surface area contributed by atoms with E-state index in [1.54, 1.807) is 0 Å². The number of hydrogen-bond acceptors (Lipinski definition) is 1. The van der Waals surface area contributed by atoms with Crippen LogP contribution in [0, 0.1) is 18.3 Å². The lowest BCUT2D eigenvalue weighted by atomic mass is 9.96. The van der Waals surface area contributed by atoms with Crippen LogP contribution in [0.4, 0.5) is 0 Å². The fourth-order valence-electron chi connectivity index (χ4n) is 2.72. The van der Waals surface area contributed by atoms with E-state index in [4.69, 9.17) is 0 Å². The minimum Gasteiger partial charge on any atom is -0.197 e. The van der Waals surface area contributed by atoms with Crippen molar-refractivity contribution < 1.29 is 4.57 Å². The van der Waals surface area contributed by atoms with Crippen molar-refractivity contribution in [2.45, 2.75) is 6.92 Å². The Morgan fingerprint density at radius 2 is 1.41 bits per heavy atom. The van der Waals surface area contributed by atoms with E-state index in [0.717, 1.165) is 33.6 Å². The van der Waals surface area contributed by atoms with Gasteiger partial charge in [-0.2, -0.15) is 9.83 Å². The lowest BCUT2D eigenvalue weighted by Crippen LogP contribution is -2.36. The maximum Gasteiger partial charge on any atom is 0.213 e. The van der Waals surface area contributed by atoms with Crippen molar-refractivity contribution >= 4 is 0 Å². The van der Waals surface area contributed by atoms with Crippen molar-refractivity contribution in [1.29, 1.82) is 5.26 Å². The van der Waals surface area contributed by atoms with Gasteiger partial charge in [-0.3, -0.25) is 0 Å². The lowest BCUT2D eigenvalue weighted by Gasteiger charge is -2.10. The molecule has 3 aromatic rings. The molecule has 0 spiro atoms. The molecular formula is C20H17N2+. The third-order valence-electron chi connectivity index (χ3n) is 4.04. The molecule has 106 valence electrons. The SMILES string of the molecule is Cc1c(C#N)c(-c2ccccc2)cc(-c2ccccc2)[n+]1C. The summed E-state index contributed by atoms with van der Waals surface area (Å²) in [5.74, 6) is 0. The van der Waals surface area contributed by atoms with Gasteiger partial charge in [-0.1, -0.05) is 48.5 Å². The molecule has 0 aliphatic carbocycles. The van der Waals surface area contributed by atoms with Crippen LogP contribution in [0.5, 0.6) is 0 Å². The van der Waals surface area contributed by atoms with Gasteiger partial charge in [0, 0.05) is 24.1 Å². The van der Waals surface area contributed by atoms with Crippen molar-refractivity contribution in [2.75, 3.05) is 0 Å². The van der Waals surface area contributed by atoms with Crippen LogP contribution < -0.4 is 4.57 Å². The van der Waals surface area contributed by atoms with E-state index >= 15 is 0 Å². The van der Waals surface area contributed by atoms with Gasteiger partial charge in [0.1, 0.15) is 18.7 Å². The molecule has 0 fully saturated rings. The average molecular weight is 285 g/mol. The first kappa shape index (κ1) is 14.0. The van der Waals surface area contributed by atoms with E-state index in [-0.39, 0.29) is 0 Å². The van der Waals surface area contributed by atoms with Crippen molar-refractivity contribution in [3.63, 3.8) is 0 Å². The van der Waals surface area contributed by atoms with Gasteiger partial charge in [0.25, 0.3) is 0 Å². The Kier molecular flexibility index (Phi) is 3.72. The van der Waals surface area contributed by atoms with E-state index in [9.17, 15) is 5.26 Å². The molecule has 0 atom stereocenters. The average Bonchev–Trinajstić information content (AvgIpc) is 2.58. The van der Waals surface area contributed by atoms with Crippen LogP contribution in [0.2, 0.25) is 0 Å². The van der Waals surface area contributed by atoms with Crippen molar-refractivity contribution in [2.24, 2.45) is 7.05 Å². The molecule has 0 saturated heterocycles. The molecule has 0 bridgehead atoms. The Bertz CT molecular complexity index is 844. The van der Waals surface area contributed by atoms with Gasteiger partial charge in [-0.05, 0) is 17.7 Å². The minimum absolute atomic E-state index is 0.730. The fourth-order valence-corrected chi connectivity index (χ4v) is 2.72. The molecule has 2 heteroatoms. The smallest absolute Gasteiger partial charge is 0.197 e. The molecular weight excluding hydrogens is 268 g/mol. The molecule has 1 aromatic heterocycles. The molecule has 0 aliphatic rings. The number of aromatic nitrogens is 1. The molecule has 0 saturated carbocycles. The first-order valence-corrected chi connectivity index (χ1v) is 7.27. The zero-order valence-corrected chi connectivity index (χ0v) is 12.7. The molecule has 1 heterocycles. The molecule has 2 nitrogen and oxygen atoms in total. The summed E-state index contributed by atoms with van der Waals surface area (Å²) in [5.41, 5.74) is 6.01. The third kappa shape index (κ3) is 2.38. The third-order valence-corrected chi connectivity index (χ3v) is 4.04. The van der Waals surface area contributed by atoms with Crippen LogP contribution in [0.1, 0.15) is 11.3 Å². The fraction of sp³-hybridized carbons (Fsp3) is 0.100. The normalized spacial score (nSPS) is 10.2. The first-order chi connectivity index (χ1) is 10.7. The maximum absolute atomic E-state index is 9.58. The highest BCUT2D eigenvalue weighted by Crippen LogP contribution is 2.28.